The lowest BCUT2D eigenvalue weighted by molar-refractivity contribution is 0.702. The van der Waals surface area contributed by atoms with Crippen LogP contribution in [0.2, 0.25) is 19.6 Å². The molecule has 0 atom stereocenters. The van der Waals surface area contributed by atoms with E-state index in [1.165, 1.54) is 25.7 Å². The molecule has 0 saturated heterocycles. The molecule has 0 aliphatic heterocycles. The van der Waals surface area contributed by atoms with Crippen LogP contribution in [0, 0.1) is 0 Å². The first kappa shape index (κ1) is 19.2. The number of hydrogen-bond acceptors (Lipinski definition) is 1. The van der Waals surface area contributed by atoms with Crippen LogP contribution in [0.15, 0.2) is 24.6 Å². The van der Waals surface area contributed by atoms with E-state index < -0.39 is 17.2 Å². The number of unbranched alkanes of at least 4 members (excludes halogenated alkanes) is 3. The highest BCUT2D eigenvalue weighted by atomic mass is 28.4. The summed E-state index contributed by atoms with van der Waals surface area (Å²) in [5.41, 5.74) is 4.18. The average Bonchev–Trinajstić information content (AvgIpc) is 2.35. The van der Waals surface area contributed by atoms with E-state index in [0.717, 1.165) is 0 Å². The maximum Gasteiger partial charge on any atom is 0.166 e. The van der Waals surface area contributed by atoms with Gasteiger partial charge in [-0.3, -0.25) is 0 Å². The highest BCUT2D eigenvalue weighted by Crippen LogP contribution is 2.11. The molecule has 0 radical (unpaired) electrons. The van der Waals surface area contributed by atoms with Crippen molar-refractivity contribution in [2.24, 2.45) is 0 Å². The predicted molar refractivity (Wildman–Crippen MR) is 88.5 cm³/mol. The summed E-state index contributed by atoms with van der Waals surface area (Å²) in [5.74, 6) is 0. The molecule has 0 unspecified atom stereocenters. The number of rotatable bonds is 7. The van der Waals surface area contributed by atoms with Crippen molar-refractivity contribution in [1.82, 2.24) is 4.23 Å². The second-order valence-electron chi connectivity index (χ2n) is 5.05. The van der Waals surface area contributed by atoms with E-state index in [-0.39, 0.29) is 0 Å². The molecule has 0 aliphatic rings. The van der Waals surface area contributed by atoms with Crippen molar-refractivity contribution in [2.75, 3.05) is 7.05 Å². The van der Waals surface area contributed by atoms with Gasteiger partial charge in [-0.05, 0) is 13.6 Å². The Bertz CT molecular complexity index is 190. The first-order valence-electron chi connectivity index (χ1n) is 6.89. The van der Waals surface area contributed by atoms with Gasteiger partial charge in [0.1, 0.15) is 0 Å². The predicted octanol–water partition coefficient (Wildman–Crippen LogP) is 4.51. The normalized spacial score (nSPS) is 11.1. The second-order valence-corrected chi connectivity index (χ2v) is 12.5. The lowest BCUT2D eigenvalue weighted by Gasteiger charge is -2.34. The van der Waals surface area contributed by atoms with E-state index in [9.17, 15) is 0 Å². The molecular formula is C14H33NSi2. The minimum Gasteiger partial charge on any atom is -0.344 e. The Morgan fingerprint density at radius 2 is 1.41 bits per heavy atom. The van der Waals surface area contributed by atoms with E-state index in [2.05, 4.69) is 69.3 Å². The molecule has 17 heavy (non-hydrogen) atoms. The highest BCUT2D eigenvalue weighted by Gasteiger charge is 2.26. The van der Waals surface area contributed by atoms with Gasteiger partial charge in [0, 0.05) is 0 Å². The van der Waals surface area contributed by atoms with Crippen molar-refractivity contribution in [1.29, 1.82) is 0 Å². The summed E-state index contributed by atoms with van der Waals surface area (Å²) in [5, 5.41) is 0. The molecular weight excluding hydrogens is 238 g/mol. The molecule has 1 nitrogen and oxygen atoms in total. The van der Waals surface area contributed by atoms with Crippen LogP contribution in [0.4, 0.5) is 0 Å². The minimum absolute atomic E-state index is 0.672. The van der Waals surface area contributed by atoms with Gasteiger partial charge >= 0.3 is 0 Å². The minimum atomic E-state index is -1.44. The maximum atomic E-state index is 3.88. The number of hydrogen-bond donors (Lipinski definition) is 0. The molecule has 0 bridgehead atoms. The summed E-state index contributed by atoms with van der Waals surface area (Å²) in [4.78, 5) is 0. The zero-order valence-electron chi connectivity index (χ0n) is 12.9. The zero-order valence-corrected chi connectivity index (χ0v) is 15.1. The summed E-state index contributed by atoms with van der Waals surface area (Å²) in [7, 11) is 0.0875. The monoisotopic (exact) mass is 271 g/mol. The van der Waals surface area contributed by atoms with Gasteiger partial charge in [-0.2, -0.15) is 0 Å². The second kappa shape index (κ2) is 11.0. The van der Waals surface area contributed by atoms with Gasteiger partial charge in [0.05, 0.1) is 8.96 Å². The summed E-state index contributed by atoms with van der Waals surface area (Å²) in [6, 6.07) is 0. The Balaban J connectivity index is 0. The molecule has 0 rings (SSSR count). The van der Waals surface area contributed by atoms with Crippen molar-refractivity contribution in [3.05, 3.63) is 24.6 Å². The fourth-order valence-electron chi connectivity index (χ4n) is 1.43. The smallest absolute Gasteiger partial charge is 0.166 e. The SMILES string of the molecule is C=C[Si](C)(C=C)N(C)[SiH](C)C.CCCCCC. The molecule has 0 saturated carbocycles. The first-order valence-corrected chi connectivity index (χ1v) is 12.3. The van der Waals surface area contributed by atoms with Crippen molar-refractivity contribution in [3.8, 4) is 0 Å². The van der Waals surface area contributed by atoms with Gasteiger partial charge in [0.25, 0.3) is 0 Å². The van der Waals surface area contributed by atoms with Crippen LogP contribution >= 0.6 is 0 Å². The standard InChI is InChI=1S/C8H19NSi2.C6H14/c1-7-11(6,8-2)9(3)10(4)5;1-3-5-6-4-2/h7-8,10H,1-2H2,3-6H3;3-6H2,1-2H3. The fourth-order valence-corrected chi connectivity index (χ4v) is 7.25. The van der Waals surface area contributed by atoms with Crippen molar-refractivity contribution in [2.45, 2.75) is 59.2 Å². The lowest BCUT2D eigenvalue weighted by Crippen LogP contribution is -2.51. The Labute approximate surface area is 112 Å². The van der Waals surface area contributed by atoms with Crippen molar-refractivity contribution < 1.29 is 0 Å². The molecule has 0 aromatic heterocycles. The van der Waals surface area contributed by atoms with Gasteiger partial charge in [-0.1, -0.05) is 64.0 Å². The molecule has 0 spiro atoms. The third kappa shape index (κ3) is 8.58. The number of nitrogens with zero attached hydrogens (tertiary/aromatic N) is 1. The molecule has 0 N–H and O–H groups in total. The van der Waals surface area contributed by atoms with E-state index in [1.807, 2.05) is 0 Å². The van der Waals surface area contributed by atoms with Crippen LogP contribution in [0.5, 0.6) is 0 Å². The van der Waals surface area contributed by atoms with E-state index >= 15 is 0 Å². The van der Waals surface area contributed by atoms with Crippen LogP contribution in [0.25, 0.3) is 0 Å². The topological polar surface area (TPSA) is 3.24 Å². The third-order valence-corrected chi connectivity index (χ3v) is 11.3. The maximum absolute atomic E-state index is 3.88. The summed E-state index contributed by atoms with van der Waals surface area (Å²) < 4.78 is 2.51. The quantitative estimate of drug-likeness (QED) is 0.486. The molecule has 0 aliphatic carbocycles. The van der Waals surface area contributed by atoms with Gasteiger partial charge in [-0.25, -0.2) is 0 Å². The van der Waals surface area contributed by atoms with Crippen molar-refractivity contribution >= 4 is 17.2 Å². The molecule has 0 aromatic carbocycles. The molecule has 3 heteroatoms. The summed E-state index contributed by atoms with van der Waals surface area (Å²) in [6.07, 6.45) is 5.54. The third-order valence-electron chi connectivity index (χ3n) is 3.32. The van der Waals surface area contributed by atoms with Crippen LogP contribution in [-0.2, 0) is 0 Å². The van der Waals surface area contributed by atoms with Gasteiger partial charge in [0.15, 0.2) is 8.24 Å². The molecule has 0 amide bonds. The Morgan fingerprint density at radius 3 is 1.53 bits per heavy atom. The fraction of sp³-hybridized carbons (Fsp3) is 0.714. The average molecular weight is 272 g/mol. The van der Waals surface area contributed by atoms with Crippen LogP contribution < -0.4 is 0 Å². The van der Waals surface area contributed by atoms with Crippen LogP contribution in [-0.4, -0.2) is 28.5 Å². The Morgan fingerprint density at radius 1 is 1.06 bits per heavy atom. The summed E-state index contributed by atoms with van der Waals surface area (Å²) in [6.45, 7) is 19.2. The van der Waals surface area contributed by atoms with Gasteiger partial charge in [-0.15, -0.1) is 13.2 Å². The van der Waals surface area contributed by atoms with E-state index in [1.54, 1.807) is 0 Å². The lowest BCUT2D eigenvalue weighted by atomic mass is 10.2. The Kier molecular flexibility index (Phi) is 12.4. The molecule has 102 valence electrons. The molecule has 0 fully saturated rings. The Hall–Kier alpha value is -0.126. The van der Waals surface area contributed by atoms with Crippen molar-refractivity contribution in [3.63, 3.8) is 0 Å². The zero-order chi connectivity index (χ0) is 13.9. The van der Waals surface area contributed by atoms with E-state index in [0.29, 0.717) is 0 Å². The first-order chi connectivity index (χ1) is 7.89. The highest BCUT2D eigenvalue weighted by molar-refractivity contribution is 6.91. The van der Waals surface area contributed by atoms with Gasteiger partial charge < -0.3 is 4.23 Å². The van der Waals surface area contributed by atoms with E-state index in [4.69, 9.17) is 0 Å². The molecule has 0 aromatic rings. The van der Waals surface area contributed by atoms with Crippen LogP contribution in [0.3, 0.4) is 0 Å². The molecule has 0 heterocycles. The van der Waals surface area contributed by atoms with Crippen LogP contribution in [0.1, 0.15) is 39.5 Å². The summed E-state index contributed by atoms with van der Waals surface area (Å²) >= 11 is 0. The van der Waals surface area contributed by atoms with Gasteiger partial charge in [0.2, 0.25) is 0 Å². The largest absolute Gasteiger partial charge is 0.344 e.